The molecule has 0 aliphatic carbocycles. The molecule has 0 unspecified atom stereocenters. The molecular weight excluding hydrogens is 324 g/mol. The van der Waals surface area contributed by atoms with Crippen molar-refractivity contribution in [1.29, 1.82) is 5.26 Å². The normalized spacial score (nSPS) is 24.5. The molecule has 1 N–H and O–H groups in total. The molecule has 0 bridgehead atoms. The number of pyridine rings is 1. The number of hydrogen-bond donors (Lipinski definition) is 1. The summed E-state index contributed by atoms with van der Waals surface area (Å²) in [7, 11) is 0. The van der Waals surface area contributed by atoms with Crippen LogP contribution in [0.5, 0.6) is 0 Å². The molecule has 2 atom stereocenters. The first kappa shape index (κ1) is 17.3. The molecule has 5 nitrogen and oxygen atoms in total. The number of nitrogens with zero attached hydrogens (tertiary/aromatic N) is 3. The first-order chi connectivity index (χ1) is 12.7. The quantitative estimate of drug-likeness (QED) is 0.922. The van der Waals surface area contributed by atoms with Crippen LogP contribution in [0.2, 0.25) is 0 Å². The molecule has 5 heteroatoms. The Morgan fingerprint density at radius 3 is 2.85 bits per heavy atom. The van der Waals surface area contributed by atoms with Crippen molar-refractivity contribution in [3.05, 3.63) is 36.0 Å². The number of fused-ring (bicyclic) bond motifs is 1. The van der Waals surface area contributed by atoms with E-state index in [4.69, 9.17) is 4.74 Å². The average molecular weight is 350 g/mol. The summed E-state index contributed by atoms with van der Waals surface area (Å²) in [6, 6.07) is 11.4. The zero-order valence-corrected chi connectivity index (χ0v) is 15.3. The molecule has 4 rings (SSSR count). The van der Waals surface area contributed by atoms with Crippen molar-refractivity contribution in [1.82, 2.24) is 10.3 Å². The Morgan fingerprint density at radius 2 is 2.04 bits per heavy atom. The SMILES string of the molecule is C[C@H]1C[C@@H](NC2CCOCC2)CN(c2ccc(C#N)c3ncccc23)C1. The predicted molar refractivity (Wildman–Crippen MR) is 103 cm³/mol. The van der Waals surface area contributed by atoms with Crippen molar-refractivity contribution >= 4 is 16.6 Å². The summed E-state index contributed by atoms with van der Waals surface area (Å²) in [5, 5.41) is 14.3. The average Bonchev–Trinajstić information content (AvgIpc) is 2.67. The van der Waals surface area contributed by atoms with Crippen LogP contribution in [0.1, 0.15) is 31.7 Å². The van der Waals surface area contributed by atoms with Gasteiger partial charge in [0.1, 0.15) is 6.07 Å². The summed E-state index contributed by atoms with van der Waals surface area (Å²) < 4.78 is 5.49. The number of rotatable bonds is 3. The van der Waals surface area contributed by atoms with Crippen molar-refractivity contribution in [2.75, 3.05) is 31.2 Å². The lowest BCUT2D eigenvalue weighted by Gasteiger charge is -2.40. The fraction of sp³-hybridized carbons (Fsp3) is 0.524. The zero-order chi connectivity index (χ0) is 17.9. The van der Waals surface area contributed by atoms with Gasteiger partial charge in [-0.2, -0.15) is 5.26 Å². The molecule has 2 aromatic rings. The third-order valence-electron chi connectivity index (χ3n) is 5.56. The van der Waals surface area contributed by atoms with E-state index in [0.717, 1.165) is 50.0 Å². The van der Waals surface area contributed by atoms with Crippen LogP contribution in [0.25, 0.3) is 10.9 Å². The summed E-state index contributed by atoms with van der Waals surface area (Å²) in [5.74, 6) is 0.628. The van der Waals surface area contributed by atoms with Gasteiger partial charge in [-0.25, -0.2) is 0 Å². The number of piperidine rings is 1. The maximum absolute atomic E-state index is 9.38. The lowest BCUT2D eigenvalue weighted by molar-refractivity contribution is 0.0734. The molecule has 2 aliphatic rings. The predicted octanol–water partition coefficient (Wildman–Crippen LogP) is 3.09. The van der Waals surface area contributed by atoms with Gasteiger partial charge in [0.2, 0.25) is 0 Å². The van der Waals surface area contributed by atoms with E-state index in [-0.39, 0.29) is 0 Å². The van der Waals surface area contributed by atoms with Crippen LogP contribution in [0.15, 0.2) is 30.5 Å². The number of aromatic nitrogens is 1. The van der Waals surface area contributed by atoms with Gasteiger partial charge in [0.25, 0.3) is 0 Å². The highest BCUT2D eigenvalue weighted by atomic mass is 16.5. The van der Waals surface area contributed by atoms with E-state index in [2.05, 4.69) is 40.3 Å². The van der Waals surface area contributed by atoms with E-state index in [9.17, 15) is 5.26 Å². The molecule has 2 fully saturated rings. The van der Waals surface area contributed by atoms with Crippen molar-refractivity contribution in [2.24, 2.45) is 5.92 Å². The summed E-state index contributed by atoms with van der Waals surface area (Å²) in [5.41, 5.74) is 2.64. The number of hydrogen-bond acceptors (Lipinski definition) is 5. The first-order valence-electron chi connectivity index (χ1n) is 9.61. The van der Waals surface area contributed by atoms with Crippen molar-refractivity contribution in [2.45, 2.75) is 38.3 Å². The third-order valence-corrected chi connectivity index (χ3v) is 5.56. The van der Waals surface area contributed by atoms with Crippen LogP contribution >= 0.6 is 0 Å². The Morgan fingerprint density at radius 1 is 1.19 bits per heavy atom. The zero-order valence-electron chi connectivity index (χ0n) is 15.3. The van der Waals surface area contributed by atoms with Gasteiger partial charge in [-0.15, -0.1) is 0 Å². The summed E-state index contributed by atoms with van der Waals surface area (Å²) >= 11 is 0. The second kappa shape index (κ2) is 7.61. The van der Waals surface area contributed by atoms with Gasteiger partial charge in [-0.3, -0.25) is 4.98 Å². The van der Waals surface area contributed by atoms with Gasteiger partial charge in [0, 0.05) is 55.7 Å². The second-order valence-corrected chi connectivity index (χ2v) is 7.64. The first-order valence-corrected chi connectivity index (χ1v) is 9.61. The Labute approximate surface area is 155 Å². The van der Waals surface area contributed by atoms with Crippen molar-refractivity contribution < 1.29 is 4.74 Å². The van der Waals surface area contributed by atoms with E-state index in [0.29, 0.717) is 23.6 Å². The van der Waals surface area contributed by atoms with E-state index in [1.165, 1.54) is 12.1 Å². The van der Waals surface area contributed by atoms with Crippen LogP contribution in [-0.2, 0) is 4.74 Å². The number of benzene rings is 1. The minimum Gasteiger partial charge on any atom is -0.381 e. The molecule has 2 saturated heterocycles. The van der Waals surface area contributed by atoms with Crippen LogP contribution < -0.4 is 10.2 Å². The molecule has 0 saturated carbocycles. The Balaban J connectivity index is 1.59. The van der Waals surface area contributed by atoms with Gasteiger partial charge in [-0.1, -0.05) is 6.92 Å². The maximum atomic E-state index is 9.38. The molecule has 1 aromatic carbocycles. The molecule has 3 heterocycles. The number of anilines is 1. The topological polar surface area (TPSA) is 61.2 Å². The maximum Gasteiger partial charge on any atom is 0.101 e. The lowest BCUT2D eigenvalue weighted by atomic mass is 9.93. The van der Waals surface area contributed by atoms with Gasteiger partial charge >= 0.3 is 0 Å². The molecule has 26 heavy (non-hydrogen) atoms. The van der Waals surface area contributed by atoms with Crippen LogP contribution in [0.4, 0.5) is 5.69 Å². The number of nitrogens with one attached hydrogen (secondary N) is 1. The molecule has 2 aliphatic heterocycles. The Kier molecular flexibility index (Phi) is 5.05. The van der Waals surface area contributed by atoms with E-state index < -0.39 is 0 Å². The highest BCUT2D eigenvalue weighted by molar-refractivity contribution is 5.95. The van der Waals surface area contributed by atoms with Gasteiger partial charge in [-0.05, 0) is 49.4 Å². The minimum absolute atomic E-state index is 0.490. The fourth-order valence-electron chi connectivity index (χ4n) is 4.39. The second-order valence-electron chi connectivity index (χ2n) is 7.64. The van der Waals surface area contributed by atoms with Crippen molar-refractivity contribution in [3.63, 3.8) is 0 Å². The molecule has 136 valence electrons. The van der Waals surface area contributed by atoms with Gasteiger partial charge in [0.15, 0.2) is 0 Å². The monoisotopic (exact) mass is 350 g/mol. The van der Waals surface area contributed by atoms with Crippen LogP contribution in [0.3, 0.4) is 0 Å². The standard InChI is InChI=1S/C21H26N4O/c1-15-11-18(24-17-6-9-26-10-7-17)14-25(13-15)20-5-4-16(12-22)21-19(20)3-2-8-23-21/h2-5,8,15,17-18,24H,6-7,9-11,13-14H2,1H3/t15-,18+/m0/s1. The van der Waals surface area contributed by atoms with Crippen LogP contribution in [-0.4, -0.2) is 43.4 Å². The third kappa shape index (κ3) is 3.53. The summed E-state index contributed by atoms with van der Waals surface area (Å²) in [6.07, 6.45) is 5.19. The van der Waals surface area contributed by atoms with E-state index in [1.807, 2.05) is 12.1 Å². The fourth-order valence-corrected chi connectivity index (χ4v) is 4.39. The van der Waals surface area contributed by atoms with Crippen molar-refractivity contribution in [3.8, 4) is 6.07 Å². The molecule has 1 aromatic heterocycles. The van der Waals surface area contributed by atoms with E-state index in [1.54, 1.807) is 6.20 Å². The van der Waals surface area contributed by atoms with Gasteiger partial charge < -0.3 is 15.0 Å². The summed E-state index contributed by atoms with van der Waals surface area (Å²) in [4.78, 5) is 6.93. The number of ether oxygens (including phenoxy) is 1. The molecular formula is C21H26N4O. The highest BCUT2D eigenvalue weighted by Crippen LogP contribution is 2.31. The van der Waals surface area contributed by atoms with E-state index >= 15 is 0 Å². The minimum atomic E-state index is 0.490. The number of nitriles is 1. The lowest BCUT2D eigenvalue weighted by Crippen LogP contribution is -2.52. The van der Waals surface area contributed by atoms with Gasteiger partial charge in [0.05, 0.1) is 11.1 Å². The highest BCUT2D eigenvalue weighted by Gasteiger charge is 2.28. The molecule has 0 radical (unpaired) electrons. The largest absolute Gasteiger partial charge is 0.381 e. The molecule has 0 amide bonds. The Hall–Kier alpha value is -2.16. The summed E-state index contributed by atoms with van der Waals surface area (Å²) in [6.45, 7) is 6.11. The van der Waals surface area contributed by atoms with Crippen LogP contribution in [0, 0.1) is 17.2 Å². The Bertz CT molecular complexity index is 809. The smallest absolute Gasteiger partial charge is 0.101 e. The molecule has 0 spiro atoms.